The lowest BCUT2D eigenvalue weighted by Crippen LogP contribution is -2.41. The molecule has 0 radical (unpaired) electrons. The van der Waals surface area contributed by atoms with Gasteiger partial charge in [-0.25, -0.2) is 0 Å². The lowest BCUT2D eigenvalue weighted by atomic mass is 9.92. The Kier molecular flexibility index (Phi) is 4.02. The molecular weight excluding hydrogens is 285 g/mol. The molecule has 2 N–H and O–H groups in total. The van der Waals surface area contributed by atoms with Gasteiger partial charge in [-0.1, -0.05) is 36.2 Å². The molecule has 0 saturated carbocycles. The van der Waals surface area contributed by atoms with Gasteiger partial charge in [0.25, 0.3) is 5.91 Å². The lowest BCUT2D eigenvalue weighted by molar-refractivity contribution is -0.123. The molecule has 6 heteroatoms. The average molecular weight is 300 g/mol. The first kappa shape index (κ1) is 14.2. The number of benzene rings is 1. The van der Waals surface area contributed by atoms with Crippen LogP contribution in [0.2, 0.25) is 10.0 Å². The van der Waals surface area contributed by atoms with Gasteiger partial charge in [-0.2, -0.15) is 0 Å². The van der Waals surface area contributed by atoms with Crippen LogP contribution in [0.3, 0.4) is 0 Å². The second kappa shape index (κ2) is 5.39. The van der Waals surface area contributed by atoms with Crippen LogP contribution in [0.5, 0.6) is 0 Å². The van der Waals surface area contributed by atoms with E-state index in [1.807, 2.05) is 6.92 Å². The number of rotatable bonds is 3. The molecule has 0 bridgehead atoms. The van der Waals surface area contributed by atoms with Crippen molar-refractivity contribution in [3.05, 3.63) is 33.8 Å². The molecule has 19 heavy (non-hydrogen) atoms. The van der Waals surface area contributed by atoms with E-state index in [-0.39, 0.29) is 5.91 Å². The van der Waals surface area contributed by atoms with Crippen LogP contribution < -0.4 is 10.6 Å². The highest BCUT2D eigenvalue weighted by molar-refractivity contribution is 6.35. The van der Waals surface area contributed by atoms with Crippen LogP contribution in [0, 0.1) is 0 Å². The van der Waals surface area contributed by atoms with Crippen molar-refractivity contribution in [3.63, 3.8) is 0 Å². The van der Waals surface area contributed by atoms with Crippen LogP contribution in [0.15, 0.2) is 23.2 Å². The number of carbonyl (C=O) groups is 1. The number of aliphatic imine (C=N–C) groups is 1. The van der Waals surface area contributed by atoms with Gasteiger partial charge in [0, 0.05) is 22.2 Å². The Balaban J connectivity index is 2.35. The van der Waals surface area contributed by atoms with Crippen LogP contribution >= 0.6 is 23.2 Å². The van der Waals surface area contributed by atoms with E-state index in [1.165, 1.54) is 0 Å². The summed E-state index contributed by atoms with van der Waals surface area (Å²) in [5.41, 5.74) is -0.244. The molecule has 1 amide bonds. The highest BCUT2D eigenvalue weighted by atomic mass is 35.5. The first-order valence-electron chi connectivity index (χ1n) is 6.07. The van der Waals surface area contributed by atoms with E-state index in [2.05, 4.69) is 15.6 Å². The van der Waals surface area contributed by atoms with Crippen LogP contribution in [0.25, 0.3) is 0 Å². The van der Waals surface area contributed by atoms with E-state index in [0.29, 0.717) is 28.1 Å². The van der Waals surface area contributed by atoms with Crippen molar-refractivity contribution in [3.8, 4) is 0 Å². The smallest absolute Gasteiger partial charge is 0.256 e. The van der Waals surface area contributed by atoms with E-state index in [4.69, 9.17) is 23.2 Å². The molecule has 102 valence electrons. The van der Waals surface area contributed by atoms with Crippen molar-refractivity contribution in [2.45, 2.75) is 25.8 Å². The molecule has 1 heterocycles. The topological polar surface area (TPSA) is 53.5 Å². The molecule has 0 aromatic heterocycles. The summed E-state index contributed by atoms with van der Waals surface area (Å²) in [5.74, 6) is 0.312. The SMILES string of the molecule is CCCN=C1NC(=O)C(C)(c2ccc(Cl)cc2Cl)N1. The molecule has 1 saturated heterocycles. The Bertz CT molecular complexity index is 545. The van der Waals surface area contributed by atoms with Gasteiger partial charge in [-0.15, -0.1) is 0 Å². The zero-order chi connectivity index (χ0) is 14.0. The maximum absolute atomic E-state index is 12.2. The number of carbonyl (C=O) groups excluding carboxylic acids is 1. The standard InChI is InChI=1S/C13H15Cl2N3O/c1-3-6-16-12-17-11(19)13(2,18-12)9-5-4-8(14)7-10(9)15/h4-5,7H,3,6H2,1-2H3,(H2,16,17,18,19). The molecule has 1 aliphatic heterocycles. The Morgan fingerprint density at radius 1 is 1.37 bits per heavy atom. The minimum Gasteiger partial charge on any atom is -0.338 e. The molecule has 1 aromatic carbocycles. The summed E-state index contributed by atoms with van der Waals surface area (Å²) in [6.07, 6.45) is 0.916. The third kappa shape index (κ3) is 2.69. The van der Waals surface area contributed by atoms with Crippen molar-refractivity contribution in [1.29, 1.82) is 0 Å². The van der Waals surface area contributed by atoms with E-state index in [0.717, 1.165) is 6.42 Å². The molecule has 1 aliphatic rings. The summed E-state index contributed by atoms with van der Waals surface area (Å²) in [6.45, 7) is 4.45. The third-order valence-electron chi connectivity index (χ3n) is 3.02. The highest BCUT2D eigenvalue weighted by Gasteiger charge is 2.43. The van der Waals surface area contributed by atoms with Crippen LogP contribution in [-0.4, -0.2) is 18.4 Å². The van der Waals surface area contributed by atoms with Crippen LogP contribution in [0.1, 0.15) is 25.8 Å². The zero-order valence-electron chi connectivity index (χ0n) is 10.8. The van der Waals surface area contributed by atoms with Crippen molar-refractivity contribution in [1.82, 2.24) is 10.6 Å². The molecule has 1 unspecified atom stereocenters. The van der Waals surface area contributed by atoms with Gasteiger partial charge in [0.1, 0.15) is 5.54 Å². The molecule has 1 atom stereocenters. The summed E-state index contributed by atoms with van der Waals surface area (Å²) in [6, 6.07) is 5.09. The van der Waals surface area contributed by atoms with E-state index >= 15 is 0 Å². The normalized spacial score (nSPS) is 24.4. The predicted octanol–water partition coefficient (Wildman–Crippen LogP) is 2.69. The van der Waals surface area contributed by atoms with Gasteiger partial charge < -0.3 is 5.32 Å². The molecule has 1 aromatic rings. The van der Waals surface area contributed by atoms with Gasteiger partial charge in [-0.05, 0) is 25.5 Å². The van der Waals surface area contributed by atoms with Gasteiger partial charge in [0.2, 0.25) is 0 Å². The quantitative estimate of drug-likeness (QED) is 0.901. The van der Waals surface area contributed by atoms with E-state index in [1.54, 1.807) is 25.1 Å². The van der Waals surface area contributed by atoms with Gasteiger partial charge in [0.05, 0.1) is 0 Å². The predicted molar refractivity (Wildman–Crippen MR) is 77.7 cm³/mol. The minimum absolute atomic E-state index is 0.174. The summed E-state index contributed by atoms with van der Waals surface area (Å²) in [5, 5.41) is 6.81. The summed E-state index contributed by atoms with van der Waals surface area (Å²) < 4.78 is 0. The van der Waals surface area contributed by atoms with Crippen LogP contribution in [-0.2, 0) is 10.3 Å². The van der Waals surface area contributed by atoms with Crippen molar-refractivity contribution in [2.24, 2.45) is 4.99 Å². The molecule has 4 nitrogen and oxygen atoms in total. The minimum atomic E-state index is -0.922. The fraction of sp³-hybridized carbons (Fsp3) is 0.385. The largest absolute Gasteiger partial charge is 0.338 e. The maximum Gasteiger partial charge on any atom is 0.256 e. The number of guanidine groups is 1. The van der Waals surface area contributed by atoms with Crippen molar-refractivity contribution >= 4 is 35.1 Å². The van der Waals surface area contributed by atoms with Crippen molar-refractivity contribution in [2.75, 3.05) is 6.54 Å². The first-order chi connectivity index (χ1) is 8.97. The number of hydrogen-bond donors (Lipinski definition) is 2. The number of halogens is 2. The number of nitrogens with one attached hydrogen (secondary N) is 2. The lowest BCUT2D eigenvalue weighted by Gasteiger charge is -2.22. The first-order valence-corrected chi connectivity index (χ1v) is 6.82. The fourth-order valence-corrected chi connectivity index (χ4v) is 2.54. The molecule has 0 aliphatic carbocycles. The third-order valence-corrected chi connectivity index (χ3v) is 3.57. The molecule has 2 rings (SSSR count). The molecule has 1 fully saturated rings. The maximum atomic E-state index is 12.2. The number of hydrogen-bond acceptors (Lipinski definition) is 2. The Labute approximate surface area is 122 Å². The number of nitrogens with zero attached hydrogens (tertiary/aromatic N) is 1. The fourth-order valence-electron chi connectivity index (χ4n) is 1.94. The van der Waals surface area contributed by atoms with E-state index in [9.17, 15) is 4.79 Å². The van der Waals surface area contributed by atoms with Gasteiger partial charge in [0.15, 0.2) is 5.96 Å². The molecular formula is C13H15Cl2N3O. The number of amides is 1. The summed E-state index contributed by atoms with van der Waals surface area (Å²) in [4.78, 5) is 16.4. The summed E-state index contributed by atoms with van der Waals surface area (Å²) >= 11 is 12.0. The summed E-state index contributed by atoms with van der Waals surface area (Å²) in [7, 11) is 0. The highest BCUT2D eigenvalue weighted by Crippen LogP contribution is 2.32. The Morgan fingerprint density at radius 3 is 2.74 bits per heavy atom. The Morgan fingerprint density at radius 2 is 2.11 bits per heavy atom. The average Bonchev–Trinajstić information content (AvgIpc) is 2.63. The van der Waals surface area contributed by atoms with E-state index < -0.39 is 5.54 Å². The van der Waals surface area contributed by atoms with Crippen LogP contribution in [0.4, 0.5) is 0 Å². The Hall–Kier alpha value is -1.26. The van der Waals surface area contributed by atoms with Crippen molar-refractivity contribution < 1.29 is 4.79 Å². The zero-order valence-corrected chi connectivity index (χ0v) is 12.3. The van der Waals surface area contributed by atoms with Gasteiger partial charge >= 0.3 is 0 Å². The second-order valence-corrected chi connectivity index (χ2v) is 5.40. The van der Waals surface area contributed by atoms with Gasteiger partial charge in [-0.3, -0.25) is 15.1 Å². The monoisotopic (exact) mass is 299 g/mol. The second-order valence-electron chi connectivity index (χ2n) is 4.56. The molecule has 0 spiro atoms.